The second kappa shape index (κ2) is 5.07. The van der Waals surface area contributed by atoms with Crippen molar-refractivity contribution in [2.45, 2.75) is 0 Å². The lowest BCUT2D eigenvalue weighted by atomic mass is 9.99. The van der Waals surface area contributed by atoms with Gasteiger partial charge in [-0.3, -0.25) is 0 Å². The van der Waals surface area contributed by atoms with Gasteiger partial charge in [-0.25, -0.2) is 0 Å². The Morgan fingerprint density at radius 1 is 0.944 bits per heavy atom. The van der Waals surface area contributed by atoms with Gasteiger partial charge in [0.15, 0.2) is 0 Å². The van der Waals surface area contributed by atoms with Crippen molar-refractivity contribution in [3.8, 4) is 11.1 Å². The van der Waals surface area contributed by atoms with Crippen molar-refractivity contribution in [3.05, 3.63) is 65.9 Å². The third kappa shape index (κ3) is 2.29. The monoisotopic (exact) mass is 237 g/mol. The Bertz CT molecular complexity index is 552. The fraction of sp³-hybridized carbons (Fsp3) is 0.125. The van der Waals surface area contributed by atoms with Crippen LogP contribution in [0.15, 0.2) is 60.3 Å². The molecule has 18 heavy (non-hydrogen) atoms. The molecule has 0 spiro atoms. The van der Waals surface area contributed by atoms with Crippen molar-refractivity contribution in [3.63, 3.8) is 0 Å². The van der Waals surface area contributed by atoms with Crippen LogP contribution in [0.25, 0.3) is 17.2 Å². The lowest BCUT2D eigenvalue weighted by Crippen LogP contribution is -2.04. The van der Waals surface area contributed by atoms with Crippen LogP contribution in [0.5, 0.6) is 0 Å². The molecule has 2 aromatic carbocycles. The minimum Gasteiger partial charge on any atom is -0.364 e. The Hall–Kier alpha value is -2.06. The Labute approximate surface area is 107 Å². The van der Waals surface area contributed by atoms with E-state index >= 15 is 0 Å². The smallest absolute Gasteiger partial charge is 0.116 e. The number of ether oxygens (including phenoxy) is 1. The lowest BCUT2D eigenvalue weighted by Gasteiger charge is -2.07. The summed E-state index contributed by atoms with van der Waals surface area (Å²) in [4.78, 5) is 0. The quantitative estimate of drug-likeness (QED) is 0.865. The average molecular weight is 237 g/mol. The number of rotatable bonds is 2. The molecule has 1 heterocycles. The number of benzene rings is 2. The first-order valence-corrected chi connectivity index (χ1v) is 6.10. The minimum atomic E-state index is 0.610. The van der Waals surface area contributed by atoms with Crippen LogP contribution < -0.4 is 5.32 Å². The fourth-order valence-corrected chi connectivity index (χ4v) is 2.14. The Morgan fingerprint density at radius 3 is 2.50 bits per heavy atom. The van der Waals surface area contributed by atoms with Gasteiger partial charge < -0.3 is 10.1 Å². The van der Waals surface area contributed by atoms with Gasteiger partial charge in [-0.2, -0.15) is 0 Å². The first kappa shape index (κ1) is 11.1. The van der Waals surface area contributed by atoms with Crippen molar-refractivity contribution in [2.75, 3.05) is 13.3 Å². The Morgan fingerprint density at radius 2 is 1.72 bits per heavy atom. The van der Waals surface area contributed by atoms with E-state index in [2.05, 4.69) is 59.9 Å². The third-order valence-corrected chi connectivity index (χ3v) is 3.03. The van der Waals surface area contributed by atoms with Crippen LogP contribution in [0.3, 0.4) is 0 Å². The molecular weight excluding hydrogens is 222 g/mol. The maximum absolute atomic E-state index is 5.30. The molecule has 90 valence electrons. The van der Waals surface area contributed by atoms with Crippen molar-refractivity contribution in [1.82, 2.24) is 5.32 Å². The van der Waals surface area contributed by atoms with E-state index < -0.39 is 0 Å². The molecule has 1 saturated heterocycles. The summed E-state index contributed by atoms with van der Waals surface area (Å²) in [6, 6.07) is 18.9. The molecule has 1 N–H and O–H groups in total. The summed E-state index contributed by atoms with van der Waals surface area (Å²) in [5, 5.41) is 3.22. The van der Waals surface area contributed by atoms with Crippen LogP contribution in [0.1, 0.15) is 5.56 Å². The molecule has 2 nitrogen and oxygen atoms in total. The summed E-state index contributed by atoms with van der Waals surface area (Å²) in [7, 11) is 0. The zero-order valence-electron chi connectivity index (χ0n) is 10.1. The molecule has 1 aliphatic heterocycles. The number of nitrogens with one attached hydrogen (secondary N) is 1. The van der Waals surface area contributed by atoms with E-state index in [1.165, 1.54) is 16.7 Å². The largest absolute Gasteiger partial charge is 0.364 e. The Balaban J connectivity index is 2.03. The van der Waals surface area contributed by atoms with E-state index in [0.29, 0.717) is 13.3 Å². The van der Waals surface area contributed by atoms with E-state index in [9.17, 15) is 0 Å². The van der Waals surface area contributed by atoms with Gasteiger partial charge in [0.2, 0.25) is 0 Å². The molecule has 0 aliphatic carbocycles. The van der Waals surface area contributed by atoms with Crippen molar-refractivity contribution in [1.29, 1.82) is 0 Å². The summed E-state index contributed by atoms with van der Waals surface area (Å²) in [5.74, 6) is 0. The Kier molecular flexibility index (Phi) is 3.11. The van der Waals surface area contributed by atoms with Gasteiger partial charge in [0.1, 0.15) is 6.73 Å². The summed E-state index contributed by atoms with van der Waals surface area (Å²) in [6.07, 6.45) is 2.16. The molecule has 1 fully saturated rings. The summed E-state index contributed by atoms with van der Waals surface area (Å²) >= 11 is 0. The molecule has 0 unspecified atom stereocenters. The molecule has 0 bridgehead atoms. The maximum Gasteiger partial charge on any atom is 0.116 e. The summed E-state index contributed by atoms with van der Waals surface area (Å²) in [6.45, 7) is 1.28. The van der Waals surface area contributed by atoms with E-state index in [1.54, 1.807) is 0 Å². The highest BCUT2D eigenvalue weighted by Crippen LogP contribution is 2.25. The predicted molar refractivity (Wildman–Crippen MR) is 73.8 cm³/mol. The van der Waals surface area contributed by atoms with Gasteiger partial charge in [-0.05, 0) is 22.8 Å². The first-order valence-electron chi connectivity index (χ1n) is 6.10. The highest BCUT2D eigenvalue weighted by Gasteiger charge is 2.07. The van der Waals surface area contributed by atoms with Gasteiger partial charge in [-0.15, -0.1) is 0 Å². The van der Waals surface area contributed by atoms with Crippen LogP contribution in [-0.4, -0.2) is 13.3 Å². The predicted octanol–water partition coefficient (Wildman–Crippen LogP) is 3.27. The fourth-order valence-electron chi connectivity index (χ4n) is 2.14. The van der Waals surface area contributed by atoms with Gasteiger partial charge in [-0.1, -0.05) is 54.6 Å². The van der Waals surface area contributed by atoms with Crippen LogP contribution in [0, 0.1) is 0 Å². The van der Waals surface area contributed by atoms with E-state index in [1.807, 2.05) is 6.07 Å². The number of hydrogen-bond donors (Lipinski definition) is 1. The van der Waals surface area contributed by atoms with Crippen molar-refractivity contribution in [2.24, 2.45) is 0 Å². The van der Waals surface area contributed by atoms with E-state index in [4.69, 9.17) is 4.74 Å². The normalized spacial score (nSPS) is 16.8. The highest BCUT2D eigenvalue weighted by molar-refractivity contribution is 5.75. The molecule has 0 radical (unpaired) electrons. The van der Waals surface area contributed by atoms with Crippen LogP contribution in [0.4, 0.5) is 0 Å². The maximum atomic E-state index is 5.30. The summed E-state index contributed by atoms with van der Waals surface area (Å²) < 4.78 is 5.30. The molecule has 0 amide bonds. The lowest BCUT2D eigenvalue weighted by molar-refractivity contribution is 0.197. The van der Waals surface area contributed by atoms with Crippen LogP contribution in [0.2, 0.25) is 0 Å². The molecular formula is C16H15NO. The van der Waals surface area contributed by atoms with Crippen LogP contribution >= 0.6 is 0 Å². The molecule has 2 heteroatoms. The van der Waals surface area contributed by atoms with Crippen molar-refractivity contribution < 1.29 is 4.74 Å². The van der Waals surface area contributed by atoms with Gasteiger partial charge in [0.05, 0.1) is 6.61 Å². The van der Waals surface area contributed by atoms with Gasteiger partial charge in [0.25, 0.3) is 0 Å². The van der Waals surface area contributed by atoms with E-state index in [-0.39, 0.29) is 0 Å². The second-order valence-corrected chi connectivity index (χ2v) is 4.29. The molecule has 3 rings (SSSR count). The number of hydrogen-bond acceptors (Lipinski definition) is 2. The highest BCUT2D eigenvalue weighted by atomic mass is 16.5. The molecule has 0 atom stereocenters. The third-order valence-electron chi connectivity index (χ3n) is 3.03. The minimum absolute atomic E-state index is 0.610. The molecule has 0 saturated carbocycles. The first-order chi connectivity index (χ1) is 8.93. The average Bonchev–Trinajstić information content (AvgIpc) is 2.93. The second-order valence-electron chi connectivity index (χ2n) is 4.29. The van der Waals surface area contributed by atoms with Gasteiger partial charge >= 0.3 is 0 Å². The zero-order valence-corrected chi connectivity index (χ0v) is 10.1. The van der Waals surface area contributed by atoms with Gasteiger partial charge in [0, 0.05) is 5.70 Å². The molecule has 2 aromatic rings. The molecule has 0 aromatic heterocycles. The van der Waals surface area contributed by atoms with E-state index in [0.717, 1.165) is 5.70 Å². The summed E-state index contributed by atoms with van der Waals surface area (Å²) in [5.41, 5.74) is 4.85. The molecule has 1 aliphatic rings. The SMILES string of the molecule is C(=C1/COCN1)/c1ccccc1-c1ccccc1. The standard InChI is InChI=1S/C16H15NO/c1-2-6-13(7-3-1)16-9-5-4-8-14(16)10-15-11-18-12-17-15/h1-10,17H,11-12H2/b15-10+. The topological polar surface area (TPSA) is 21.3 Å². The van der Waals surface area contributed by atoms with Crippen molar-refractivity contribution >= 4 is 6.08 Å². The van der Waals surface area contributed by atoms with Crippen LogP contribution in [-0.2, 0) is 4.74 Å². The zero-order chi connectivity index (χ0) is 12.2.